The Morgan fingerprint density at radius 1 is 1.32 bits per heavy atom. The normalized spacial score (nSPS) is 10.2. The minimum atomic E-state index is -1.01. The smallest absolute Gasteiger partial charge is 0.309 e. The van der Waals surface area contributed by atoms with Gasteiger partial charge in [0.05, 0.1) is 12.1 Å². The number of carboxylic acids is 1. The summed E-state index contributed by atoms with van der Waals surface area (Å²) in [6.07, 6.45) is 0.947. The van der Waals surface area contributed by atoms with Gasteiger partial charge in [0.15, 0.2) is 0 Å². The van der Waals surface area contributed by atoms with Gasteiger partial charge in [0.25, 0.3) is 5.91 Å². The van der Waals surface area contributed by atoms with Gasteiger partial charge in [-0.15, -0.1) is 0 Å². The van der Waals surface area contributed by atoms with E-state index in [0.717, 1.165) is 4.47 Å². The molecular formula is C12H9BrN2O4. The Labute approximate surface area is 116 Å². The molecule has 1 heterocycles. The summed E-state index contributed by atoms with van der Waals surface area (Å²) in [4.78, 5) is 26.1. The maximum Gasteiger partial charge on any atom is 0.309 e. The number of amides is 1. The highest BCUT2D eigenvalue weighted by Crippen LogP contribution is 2.13. The molecular weight excluding hydrogens is 316 g/mol. The van der Waals surface area contributed by atoms with E-state index < -0.39 is 5.97 Å². The molecule has 1 aromatic carbocycles. The van der Waals surface area contributed by atoms with Gasteiger partial charge in [0.2, 0.25) is 0 Å². The van der Waals surface area contributed by atoms with Crippen LogP contribution in [0.4, 0.5) is 6.01 Å². The molecule has 2 rings (SSSR count). The zero-order chi connectivity index (χ0) is 13.8. The predicted molar refractivity (Wildman–Crippen MR) is 69.9 cm³/mol. The van der Waals surface area contributed by atoms with E-state index in [1.54, 1.807) is 24.3 Å². The number of carbonyl (C=O) groups is 2. The molecule has 2 aromatic rings. The van der Waals surface area contributed by atoms with Gasteiger partial charge >= 0.3 is 12.0 Å². The van der Waals surface area contributed by atoms with E-state index in [-0.39, 0.29) is 24.0 Å². The van der Waals surface area contributed by atoms with Crippen molar-refractivity contribution in [3.05, 3.63) is 46.3 Å². The van der Waals surface area contributed by atoms with Crippen molar-refractivity contribution in [1.29, 1.82) is 0 Å². The number of carboxylic acid groups (broad SMARTS) is 1. The molecule has 19 heavy (non-hydrogen) atoms. The molecule has 0 unspecified atom stereocenters. The molecule has 7 heteroatoms. The second-order valence-electron chi connectivity index (χ2n) is 3.68. The number of benzene rings is 1. The molecule has 0 bridgehead atoms. The Kier molecular flexibility index (Phi) is 3.96. The number of hydrogen-bond donors (Lipinski definition) is 2. The van der Waals surface area contributed by atoms with Crippen LogP contribution in [0.3, 0.4) is 0 Å². The van der Waals surface area contributed by atoms with Gasteiger partial charge in [-0.25, -0.2) is 0 Å². The van der Waals surface area contributed by atoms with Crippen molar-refractivity contribution < 1.29 is 19.1 Å². The lowest BCUT2D eigenvalue weighted by molar-refractivity contribution is -0.136. The van der Waals surface area contributed by atoms with Gasteiger partial charge in [0, 0.05) is 10.0 Å². The fourth-order valence-electron chi connectivity index (χ4n) is 1.37. The van der Waals surface area contributed by atoms with Gasteiger partial charge in [-0.1, -0.05) is 15.9 Å². The minimum Gasteiger partial charge on any atom is -0.481 e. The van der Waals surface area contributed by atoms with E-state index in [9.17, 15) is 9.59 Å². The summed E-state index contributed by atoms with van der Waals surface area (Å²) in [7, 11) is 0. The monoisotopic (exact) mass is 324 g/mol. The van der Waals surface area contributed by atoms with Crippen LogP contribution in [0, 0.1) is 0 Å². The highest BCUT2D eigenvalue weighted by molar-refractivity contribution is 9.10. The SMILES string of the molecule is O=C(O)Cc1coc(NC(=O)c2ccc(Br)cc2)n1. The third-order valence-electron chi connectivity index (χ3n) is 2.21. The van der Waals surface area contributed by atoms with E-state index in [1.807, 2.05) is 0 Å². The molecule has 1 aromatic heterocycles. The number of oxazole rings is 1. The van der Waals surface area contributed by atoms with Crippen molar-refractivity contribution >= 4 is 33.8 Å². The van der Waals surface area contributed by atoms with Crippen LogP contribution >= 0.6 is 15.9 Å². The molecule has 0 spiro atoms. The van der Waals surface area contributed by atoms with E-state index in [2.05, 4.69) is 26.2 Å². The molecule has 0 saturated carbocycles. The van der Waals surface area contributed by atoms with Gasteiger partial charge < -0.3 is 9.52 Å². The number of nitrogens with one attached hydrogen (secondary N) is 1. The first-order valence-electron chi connectivity index (χ1n) is 5.28. The van der Waals surface area contributed by atoms with E-state index in [1.165, 1.54) is 6.26 Å². The van der Waals surface area contributed by atoms with Gasteiger partial charge in [0.1, 0.15) is 6.26 Å². The Hall–Kier alpha value is -2.15. The molecule has 1 amide bonds. The van der Waals surface area contributed by atoms with Crippen LogP contribution in [-0.2, 0) is 11.2 Å². The number of rotatable bonds is 4. The van der Waals surface area contributed by atoms with Crippen LogP contribution in [-0.4, -0.2) is 22.0 Å². The molecule has 2 N–H and O–H groups in total. The van der Waals surface area contributed by atoms with Crippen molar-refractivity contribution in [2.45, 2.75) is 6.42 Å². The van der Waals surface area contributed by atoms with Crippen molar-refractivity contribution in [1.82, 2.24) is 4.98 Å². The number of halogens is 1. The Morgan fingerprint density at radius 3 is 2.63 bits per heavy atom. The van der Waals surface area contributed by atoms with Gasteiger partial charge in [-0.05, 0) is 24.3 Å². The first-order chi connectivity index (χ1) is 9.04. The summed E-state index contributed by atoms with van der Waals surface area (Å²) < 4.78 is 5.83. The van der Waals surface area contributed by atoms with Crippen molar-refractivity contribution in [2.75, 3.05) is 5.32 Å². The average Bonchev–Trinajstić information content (AvgIpc) is 2.76. The quantitative estimate of drug-likeness (QED) is 0.900. The van der Waals surface area contributed by atoms with Crippen LogP contribution in [0.2, 0.25) is 0 Å². The van der Waals surface area contributed by atoms with Gasteiger partial charge in [-0.2, -0.15) is 4.98 Å². The summed E-state index contributed by atoms with van der Waals surface area (Å²) in [6, 6.07) is 6.73. The molecule has 0 atom stereocenters. The lowest BCUT2D eigenvalue weighted by atomic mass is 10.2. The maximum atomic E-state index is 11.8. The first-order valence-corrected chi connectivity index (χ1v) is 6.07. The lowest BCUT2D eigenvalue weighted by Crippen LogP contribution is -2.12. The topological polar surface area (TPSA) is 92.4 Å². The summed E-state index contributed by atoms with van der Waals surface area (Å²) >= 11 is 3.27. The van der Waals surface area contributed by atoms with Crippen LogP contribution in [0.15, 0.2) is 39.4 Å². The van der Waals surface area contributed by atoms with Crippen LogP contribution in [0.1, 0.15) is 16.1 Å². The summed E-state index contributed by atoms with van der Waals surface area (Å²) in [5.74, 6) is -1.39. The minimum absolute atomic E-state index is 0.0239. The van der Waals surface area contributed by atoms with Crippen molar-refractivity contribution in [2.24, 2.45) is 0 Å². The summed E-state index contributed by atoms with van der Waals surface area (Å²) in [6.45, 7) is 0. The molecule has 0 radical (unpaired) electrons. The third kappa shape index (κ3) is 3.65. The molecule has 0 aliphatic carbocycles. The van der Waals surface area contributed by atoms with Crippen LogP contribution < -0.4 is 5.32 Å². The number of aliphatic carboxylic acids is 1. The Balaban J connectivity index is 2.04. The van der Waals surface area contributed by atoms with Gasteiger partial charge in [-0.3, -0.25) is 14.9 Å². The van der Waals surface area contributed by atoms with E-state index >= 15 is 0 Å². The number of aromatic nitrogens is 1. The largest absolute Gasteiger partial charge is 0.481 e. The lowest BCUT2D eigenvalue weighted by Gasteiger charge is -2.00. The molecule has 0 saturated heterocycles. The number of hydrogen-bond acceptors (Lipinski definition) is 4. The molecule has 98 valence electrons. The predicted octanol–water partition coefficient (Wildman–Crippen LogP) is 2.32. The number of carbonyl (C=O) groups excluding carboxylic acids is 1. The second-order valence-corrected chi connectivity index (χ2v) is 4.59. The summed E-state index contributed by atoms with van der Waals surface area (Å²) in [5, 5.41) is 11.0. The highest BCUT2D eigenvalue weighted by Gasteiger charge is 2.11. The standard InChI is InChI=1S/C12H9BrN2O4/c13-8-3-1-7(2-4-8)11(18)15-12-14-9(6-19-12)5-10(16)17/h1-4,6H,5H2,(H,16,17)(H,14,15,18). The number of nitrogens with zero attached hydrogens (tertiary/aromatic N) is 1. The van der Waals surface area contributed by atoms with E-state index in [4.69, 9.17) is 9.52 Å². The second kappa shape index (κ2) is 5.66. The average molecular weight is 325 g/mol. The first kappa shape index (κ1) is 13.3. The van der Waals surface area contributed by atoms with Crippen LogP contribution in [0.5, 0.6) is 0 Å². The maximum absolute atomic E-state index is 11.8. The van der Waals surface area contributed by atoms with E-state index in [0.29, 0.717) is 5.56 Å². The van der Waals surface area contributed by atoms with Crippen molar-refractivity contribution in [3.63, 3.8) is 0 Å². The van der Waals surface area contributed by atoms with Crippen molar-refractivity contribution in [3.8, 4) is 0 Å². The Bertz CT molecular complexity index is 606. The third-order valence-corrected chi connectivity index (χ3v) is 2.74. The fourth-order valence-corrected chi connectivity index (χ4v) is 1.64. The molecule has 0 aliphatic heterocycles. The molecule has 0 fully saturated rings. The molecule has 6 nitrogen and oxygen atoms in total. The zero-order valence-corrected chi connectivity index (χ0v) is 11.2. The zero-order valence-electron chi connectivity index (χ0n) is 9.59. The Morgan fingerprint density at radius 2 is 2.00 bits per heavy atom. The molecule has 0 aliphatic rings. The summed E-state index contributed by atoms with van der Waals surface area (Å²) in [5.41, 5.74) is 0.694. The fraction of sp³-hybridized carbons (Fsp3) is 0.0833. The highest BCUT2D eigenvalue weighted by atomic mass is 79.9. The van der Waals surface area contributed by atoms with Crippen LogP contribution in [0.25, 0.3) is 0 Å². The number of anilines is 1.